The van der Waals surface area contributed by atoms with Gasteiger partial charge in [0, 0.05) is 30.9 Å². The van der Waals surface area contributed by atoms with Crippen molar-refractivity contribution in [1.29, 1.82) is 5.41 Å². The number of aromatic nitrogens is 1. The number of hydrogen-bond acceptors (Lipinski definition) is 4. The van der Waals surface area contributed by atoms with E-state index in [1.807, 2.05) is 20.0 Å². The number of fused-ring (bicyclic) bond motifs is 2. The van der Waals surface area contributed by atoms with Crippen molar-refractivity contribution in [3.8, 4) is 0 Å². The third-order valence-electron chi connectivity index (χ3n) is 7.49. The van der Waals surface area contributed by atoms with E-state index in [0.29, 0.717) is 11.8 Å². The summed E-state index contributed by atoms with van der Waals surface area (Å²) in [4.78, 5) is 7.55. The van der Waals surface area contributed by atoms with Gasteiger partial charge in [0.25, 0.3) is 0 Å². The van der Waals surface area contributed by atoms with Crippen LogP contribution in [0.4, 0.5) is 0 Å². The van der Waals surface area contributed by atoms with Crippen LogP contribution in [0.3, 0.4) is 0 Å². The van der Waals surface area contributed by atoms with Crippen LogP contribution in [0.1, 0.15) is 113 Å². The van der Waals surface area contributed by atoms with Gasteiger partial charge < -0.3 is 10.3 Å². The molecule has 4 heteroatoms. The number of nitrogens with zero attached hydrogens (tertiary/aromatic N) is 2. The third kappa shape index (κ3) is 10.8. The standard InChI is InChI=1S/C28H40N2.C5H11NS.C2H6/c1-7-9-10-21(4)19-30(15-8-2)23(6)27-26-14-11-20(3)16-24(26)12-13-25-17-22(5)18-29-28(25)27;1-2-5(3-6)4-7;1-2/h11,14,16-18,21,27H,6-10,12-13,15,19H2,1-5H3;3,5-7H,2,4H2,1H3;1-2H3. The molecule has 1 heterocycles. The summed E-state index contributed by atoms with van der Waals surface area (Å²) in [6, 6.07) is 9.31. The predicted octanol–water partition coefficient (Wildman–Crippen LogP) is 9.60. The zero-order valence-electron chi connectivity index (χ0n) is 26.3. The van der Waals surface area contributed by atoms with E-state index >= 15 is 0 Å². The Kier molecular flexibility index (Phi) is 17.1. The summed E-state index contributed by atoms with van der Waals surface area (Å²) in [5, 5.41) is 6.79. The van der Waals surface area contributed by atoms with Crippen LogP contribution in [0.15, 0.2) is 42.7 Å². The van der Waals surface area contributed by atoms with E-state index in [9.17, 15) is 0 Å². The van der Waals surface area contributed by atoms with E-state index in [-0.39, 0.29) is 5.92 Å². The van der Waals surface area contributed by atoms with Crippen molar-refractivity contribution in [1.82, 2.24) is 9.88 Å². The molecule has 0 amide bonds. The molecule has 1 N–H and O–H groups in total. The number of benzene rings is 1. The molecule has 3 nitrogen and oxygen atoms in total. The Morgan fingerprint density at radius 3 is 2.33 bits per heavy atom. The second-order valence-corrected chi connectivity index (χ2v) is 11.3. The number of thiol groups is 1. The summed E-state index contributed by atoms with van der Waals surface area (Å²) >= 11 is 4.02. The minimum absolute atomic E-state index is 0.156. The van der Waals surface area contributed by atoms with E-state index in [1.54, 1.807) is 0 Å². The monoisotopic (exact) mass is 551 g/mol. The summed E-state index contributed by atoms with van der Waals surface area (Å²) < 4.78 is 0. The van der Waals surface area contributed by atoms with Crippen molar-refractivity contribution in [2.75, 3.05) is 18.8 Å². The van der Waals surface area contributed by atoms with Crippen molar-refractivity contribution in [3.63, 3.8) is 0 Å². The largest absolute Gasteiger partial charge is 0.374 e. The Morgan fingerprint density at radius 1 is 1.10 bits per heavy atom. The zero-order valence-corrected chi connectivity index (χ0v) is 27.2. The Bertz CT molecular complexity index is 942. The fourth-order valence-electron chi connectivity index (χ4n) is 5.21. The first-order chi connectivity index (χ1) is 18.8. The van der Waals surface area contributed by atoms with Gasteiger partial charge in [-0.25, -0.2) is 0 Å². The maximum absolute atomic E-state index is 6.79. The molecule has 0 spiro atoms. The first-order valence-electron chi connectivity index (χ1n) is 15.4. The fourth-order valence-corrected chi connectivity index (χ4v) is 5.58. The van der Waals surface area contributed by atoms with E-state index in [1.165, 1.54) is 64.7 Å². The van der Waals surface area contributed by atoms with Gasteiger partial charge >= 0.3 is 0 Å². The molecule has 1 aromatic carbocycles. The lowest BCUT2D eigenvalue weighted by atomic mass is 9.87. The van der Waals surface area contributed by atoms with Crippen LogP contribution in [0.2, 0.25) is 0 Å². The number of pyridine rings is 1. The fraction of sp³-hybridized carbons (Fsp3) is 0.600. The normalized spacial score (nSPS) is 15.2. The molecule has 0 saturated carbocycles. The van der Waals surface area contributed by atoms with Gasteiger partial charge in [-0.3, -0.25) is 4.98 Å². The molecule has 3 unspecified atom stereocenters. The molecule has 0 fully saturated rings. The summed E-state index contributed by atoms with van der Waals surface area (Å²) in [7, 11) is 0. The van der Waals surface area contributed by atoms with E-state index in [0.717, 1.165) is 44.5 Å². The molecule has 39 heavy (non-hydrogen) atoms. The van der Waals surface area contributed by atoms with Crippen LogP contribution in [0.5, 0.6) is 0 Å². The Morgan fingerprint density at radius 2 is 1.77 bits per heavy atom. The summed E-state index contributed by atoms with van der Waals surface area (Å²) in [6.07, 6.45) is 11.7. The quantitative estimate of drug-likeness (QED) is 0.204. The molecule has 0 bridgehead atoms. The van der Waals surface area contributed by atoms with E-state index in [4.69, 9.17) is 17.0 Å². The van der Waals surface area contributed by atoms with Crippen LogP contribution in [-0.4, -0.2) is 34.9 Å². The third-order valence-corrected chi connectivity index (χ3v) is 7.96. The summed E-state index contributed by atoms with van der Waals surface area (Å²) in [5.74, 6) is 2.04. The molecule has 3 atom stereocenters. The smallest absolute Gasteiger partial charge is 0.0661 e. The highest BCUT2D eigenvalue weighted by Gasteiger charge is 2.30. The number of aryl methyl sites for hydroxylation is 4. The first-order valence-corrected chi connectivity index (χ1v) is 16.0. The summed E-state index contributed by atoms with van der Waals surface area (Å²) in [5.41, 5.74) is 9.30. The van der Waals surface area contributed by atoms with Crippen LogP contribution < -0.4 is 0 Å². The molecular weight excluding hydrogens is 494 g/mol. The van der Waals surface area contributed by atoms with Crippen LogP contribution in [-0.2, 0) is 12.8 Å². The topological polar surface area (TPSA) is 40.0 Å². The van der Waals surface area contributed by atoms with Gasteiger partial charge in [0.15, 0.2) is 0 Å². The average Bonchev–Trinajstić information content (AvgIpc) is 3.10. The number of rotatable bonds is 12. The number of hydrogen-bond donors (Lipinski definition) is 2. The van der Waals surface area contributed by atoms with Gasteiger partial charge in [-0.1, -0.05) is 90.8 Å². The highest BCUT2D eigenvalue weighted by molar-refractivity contribution is 7.80. The van der Waals surface area contributed by atoms with Crippen molar-refractivity contribution in [2.24, 2.45) is 11.8 Å². The Balaban J connectivity index is 0.000000735. The Labute approximate surface area is 246 Å². The molecule has 0 radical (unpaired) electrons. The number of nitrogens with one attached hydrogen (secondary N) is 1. The molecule has 0 saturated heterocycles. The minimum Gasteiger partial charge on any atom is -0.374 e. The average molecular weight is 552 g/mol. The molecule has 2 aromatic rings. The van der Waals surface area contributed by atoms with Crippen LogP contribution in [0, 0.1) is 31.1 Å². The zero-order chi connectivity index (χ0) is 29.4. The first kappa shape index (κ1) is 35.0. The highest BCUT2D eigenvalue weighted by atomic mass is 32.1. The van der Waals surface area contributed by atoms with Gasteiger partial charge in [-0.15, -0.1) is 0 Å². The molecule has 1 aliphatic carbocycles. The molecule has 3 rings (SSSR count). The molecular formula is C35H57N3S. The van der Waals surface area contributed by atoms with Gasteiger partial charge in [0.05, 0.1) is 11.6 Å². The SMILES string of the molecule is C=C(C1c2ccc(C)cc2CCc2cc(C)cnc21)N(CCC)CC(C)CCCC.CC.CCC(C=N)CS. The van der Waals surface area contributed by atoms with E-state index in [2.05, 4.69) is 83.3 Å². The number of unbranched alkanes of at least 4 members (excludes halogenated alkanes) is 1. The molecule has 0 aliphatic heterocycles. The van der Waals surface area contributed by atoms with Crippen molar-refractivity contribution in [3.05, 3.63) is 76.2 Å². The van der Waals surface area contributed by atoms with Crippen molar-refractivity contribution >= 4 is 18.8 Å². The second-order valence-electron chi connectivity index (χ2n) is 10.9. The van der Waals surface area contributed by atoms with Crippen molar-refractivity contribution < 1.29 is 0 Å². The van der Waals surface area contributed by atoms with Gasteiger partial charge in [0.1, 0.15) is 0 Å². The molecule has 218 valence electrons. The maximum Gasteiger partial charge on any atom is 0.0661 e. The van der Waals surface area contributed by atoms with E-state index < -0.39 is 0 Å². The number of allylic oxidation sites excluding steroid dienone is 1. The lowest BCUT2D eigenvalue weighted by molar-refractivity contribution is 0.274. The molecule has 1 aliphatic rings. The van der Waals surface area contributed by atoms with Gasteiger partial charge in [0.2, 0.25) is 0 Å². The van der Waals surface area contributed by atoms with Gasteiger partial charge in [-0.2, -0.15) is 12.6 Å². The molecule has 1 aromatic heterocycles. The Hall–Kier alpha value is -2.07. The lowest BCUT2D eigenvalue weighted by Crippen LogP contribution is -2.32. The van der Waals surface area contributed by atoms with Crippen molar-refractivity contribution in [2.45, 2.75) is 106 Å². The van der Waals surface area contributed by atoms with Crippen LogP contribution in [0.25, 0.3) is 0 Å². The predicted molar refractivity (Wildman–Crippen MR) is 177 cm³/mol. The highest BCUT2D eigenvalue weighted by Crippen LogP contribution is 2.39. The lowest BCUT2D eigenvalue weighted by Gasteiger charge is -2.34. The second kappa shape index (κ2) is 19.1. The summed E-state index contributed by atoms with van der Waals surface area (Å²) in [6.45, 7) is 24.2. The van der Waals surface area contributed by atoms with Gasteiger partial charge in [-0.05, 0) is 86.1 Å². The minimum atomic E-state index is 0.156. The maximum atomic E-state index is 6.79. The van der Waals surface area contributed by atoms with Crippen LogP contribution >= 0.6 is 12.6 Å².